The minimum atomic E-state index is -0.0504. The number of benzene rings is 4. The second kappa shape index (κ2) is 8.35. The third-order valence-electron chi connectivity index (χ3n) is 11.5. The molecule has 4 aromatic carbocycles. The van der Waals surface area contributed by atoms with Gasteiger partial charge in [0.05, 0.1) is 39.8 Å². The molecule has 3 aliphatic rings. The lowest BCUT2D eigenvalue weighted by molar-refractivity contribution is 0.191. The van der Waals surface area contributed by atoms with Crippen LogP contribution in [0.1, 0.15) is 70.2 Å². The van der Waals surface area contributed by atoms with Crippen molar-refractivity contribution in [3.63, 3.8) is 0 Å². The van der Waals surface area contributed by atoms with E-state index in [-0.39, 0.29) is 16.4 Å². The van der Waals surface area contributed by atoms with Gasteiger partial charge in [0.25, 0.3) is 0 Å². The van der Waals surface area contributed by atoms with Crippen molar-refractivity contribution in [3.05, 3.63) is 114 Å². The van der Waals surface area contributed by atoms with E-state index < -0.39 is 0 Å². The molecule has 1 fully saturated rings. The van der Waals surface area contributed by atoms with Crippen molar-refractivity contribution in [3.8, 4) is 16.8 Å². The van der Waals surface area contributed by atoms with Gasteiger partial charge in [-0.1, -0.05) is 88.2 Å². The van der Waals surface area contributed by atoms with Crippen LogP contribution in [0.3, 0.4) is 0 Å². The third kappa shape index (κ3) is 3.01. The summed E-state index contributed by atoms with van der Waals surface area (Å²) >= 11 is 0. The maximum Gasteiger partial charge on any atom is 0.115 e. The van der Waals surface area contributed by atoms with E-state index >= 15 is 0 Å². The number of hydrogen-bond acceptors (Lipinski definition) is 3. The van der Waals surface area contributed by atoms with Gasteiger partial charge in [0, 0.05) is 32.9 Å². The molecule has 2 unspecified atom stereocenters. The molecule has 0 spiro atoms. The SMILES string of the molecule is CC1(C)c2ccccc2-c2c(-n3c4ccccc4c4cc(N5c6cncnc6C6(C)CCCCC56C)ccc43)cccc21. The molecule has 2 aromatic heterocycles. The van der Waals surface area contributed by atoms with Crippen LogP contribution in [0.4, 0.5) is 11.4 Å². The lowest BCUT2D eigenvalue weighted by Crippen LogP contribution is -2.54. The van der Waals surface area contributed by atoms with Crippen LogP contribution in [0.25, 0.3) is 38.6 Å². The lowest BCUT2D eigenvalue weighted by atomic mass is 9.63. The fourth-order valence-electron chi connectivity index (χ4n) is 9.11. The zero-order valence-corrected chi connectivity index (χ0v) is 25.4. The molecule has 9 rings (SSSR count). The topological polar surface area (TPSA) is 34.0 Å². The van der Waals surface area contributed by atoms with Crippen molar-refractivity contribution < 1.29 is 0 Å². The van der Waals surface area contributed by atoms with Gasteiger partial charge in [0.1, 0.15) is 6.33 Å². The number of rotatable bonds is 2. The van der Waals surface area contributed by atoms with Crippen LogP contribution in [-0.4, -0.2) is 20.1 Å². The Labute approximate surface area is 253 Å². The number of nitrogens with zero attached hydrogens (tertiary/aromatic N) is 4. The Kier molecular flexibility index (Phi) is 4.87. The molecule has 2 atom stereocenters. The average molecular weight is 561 g/mol. The number of anilines is 2. The summed E-state index contributed by atoms with van der Waals surface area (Å²) in [5.74, 6) is 0. The monoisotopic (exact) mass is 560 g/mol. The van der Waals surface area contributed by atoms with Crippen LogP contribution in [0.5, 0.6) is 0 Å². The first-order valence-electron chi connectivity index (χ1n) is 15.7. The number of hydrogen-bond donors (Lipinski definition) is 0. The Morgan fingerprint density at radius 2 is 1.47 bits per heavy atom. The highest BCUT2D eigenvalue weighted by Gasteiger charge is 2.58. The van der Waals surface area contributed by atoms with Gasteiger partial charge >= 0.3 is 0 Å². The minimum Gasteiger partial charge on any atom is -0.332 e. The first-order chi connectivity index (χ1) is 20.8. The van der Waals surface area contributed by atoms with E-state index in [0.29, 0.717) is 0 Å². The van der Waals surface area contributed by atoms with Crippen molar-refractivity contribution in [2.45, 2.75) is 69.7 Å². The Morgan fingerprint density at radius 1 is 0.698 bits per heavy atom. The van der Waals surface area contributed by atoms with Crippen LogP contribution < -0.4 is 4.90 Å². The van der Waals surface area contributed by atoms with Gasteiger partial charge in [0.15, 0.2) is 0 Å². The maximum absolute atomic E-state index is 4.90. The van der Waals surface area contributed by atoms with Gasteiger partial charge in [-0.2, -0.15) is 0 Å². The van der Waals surface area contributed by atoms with E-state index in [1.165, 1.54) is 74.0 Å². The average Bonchev–Trinajstić information content (AvgIpc) is 3.56. The second-order valence-electron chi connectivity index (χ2n) is 13.8. The predicted molar refractivity (Wildman–Crippen MR) is 177 cm³/mol. The smallest absolute Gasteiger partial charge is 0.115 e. The predicted octanol–water partition coefficient (Wildman–Crippen LogP) is 9.62. The van der Waals surface area contributed by atoms with Crippen LogP contribution >= 0.6 is 0 Å². The zero-order chi connectivity index (χ0) is 29.1. The standard InChI is InChI=1S/C39H36N4/c1-37(2)29-14-7-5-13-27(29)35-30(37)15-11-17-33(35)42-31-16-8-6-12-26(31)28-22-25(18-19-32(28)42)43-34-23-40-24-41-36(34)38(3)20-9-10-21-39(38,43)4/h5-8,11-19,22-24H,9-10,20-21H2,1-4H3. The van der Waals surface area contributed by atoms with Crippen LogP contribution in [0.2, 0.25) is 0 Å². The summed E-state index contributed by atoms with van der Waals surface area (Å²) in [6.45, 7) is 9.60. The van der Waals surface area contributed by atoms with Crippen LogP contribution in [0.15, 0.2) is 97.5 Å². The fourth-order valence-corrected chi connectivity index (χ4v) is 9.11. The molecule has 0 saturated heterocycles. The summed E-state index contributed by atoms with van der Waals surface area (Å²) in [6, 6.07) is 31.8. The molecule has 0 radical (unpaired) electrons. The third-order valence-corrected chi connectivity index (χ3v) is 11.5. The highest BCUT2D eigenvalue weighted by atomic mass is 15.3. The van der Waals surface area contributed by atoms with Gasteiger partial charge < -0.3 is 9.47 Å². The minimum absolute atomic E-state index is 0.00271. The van der Waals surface area contributed by atoms with E-state index in [0.717, 1.165) is 18.5 Å². The fraction of sp³-hybridized carbons (Fsp3) is 0.282. The molecule has 4 heteroatoms. The van der Waals surface area contributed by atoms with Crippen molar-refractivity contribution in [1.29, 1.82) is 0 Å². The summed E-state index contributed by atoms with van der Waals surface area (Å²) in [7, 11) is 0. The molecule has 6 aromatic rings. The maximum atomic E-state index is 4.90. The molecule has 4 nitrogen and oxygen atoms in total. The van der Waals surface area contributed by atoms with E-state index in [4.69, 9.17) is 4.98 Å². The van der Waals surface area contributed by atoms with Gasteiger partial charge in [0.2, 0.25) is 0 Å². The highest BCUT2D eigenvalue weighted by molar-refractivity contribution is 6.11. The summed E-state index contributed by atoms with van der Waals surface area (Å²) < 4.78 is 2.50. The van der Waals surface area contributed by atoms with Gasteiger partial charge in [-0.25, -0.2) is 9.97 Å². The van der Waals surface area contributed by atoms with Crippen molar-refractivity contribution in [2.24, 2.45) is 0 Å². The first-order valence-corrected chi connectivity index (χ1v) is 15.7. The largest absolute Gasteiger partial charge is 0.332 e. The molecule has 43 heavy (non-hydrogen) atoms. The normalized spacial score (nSPS) is 23.3. The summed E-state index contributed by atoms with van der Waals surface area (Å²) in [5.41, 5.74) is 12.7. The summed E-state index contributed by atoms with van der Waals surface area (Å²) in [5, 5.41) is 2.56. The Balaban J connectivity index is 1.31. The molecule has 1 saturated carbocycles. The van der Waals surface area contributed by atoms with Gasteiger partial charge in [-0.3, -0.25) is 0 Å². The Hall–Kier alpha value is -4.44. The van der Waals surface area contributed by atoms with Gasteiger partial charge in [-0.15, -0.1) is 0 Å². The second-order valence-corrected chi connectivity index (χ2v) is 13.8. The van der Waals surface area contributed by atoms with Crippen molar-refractivity contribution in [1.82, 2.24) is 14.5 Å². The van der Waals surface area contributed by atoms with Gasteiger partial charge in [-0.05, 0) is 66.8 Å². The molecule has 0 N–H and O–H groups in total. The van der Waals surface area contributed by atoms with E-state index in [1.54, 1.807) is 6.33 Å². The number of aromatic nitrogens is 3. The highest BCUT2D eigenvalue weighted by Crippen LogP contribution is 2.60. The summed E-state index contributed by atoms with van der Waals surface area (Å²) in [6.07, 6.45) is 8.56. The van der Waals surface area contributed by atoms with Crippen molar-refractivity contribution >= 4 is 33.2 Å². The van der Waals surface area contributed by atoms with Crippen LogP contribution in [0, 0.1) is 0 Å². The van der Waals surface area contributed by atoms with E-state index in [9.17, 15) is 0 Å². The van der Waals surface area contributed by atoms with E-state index in [2.05, 4.69) is 127 Å². The summed E-state index contributed by atoms with van der Waals surface area (Å²) in [4.78, 5) is 12.0. The number of para-hydroxylation sites is 1. The Bertz CT molecular complexity index is 2120. The Morgan fingerprint density at radius 3 is 2.37 bits per heavy atom. The molecule has 2 aliphatic carbocycles. The molecular formula is C39H36N4. The molecule has 1 aliphatic heterocycles. The zero-order valence-electron chi connectivity index (χ0n) is 25.4. The van der Waals surface area contributed by atoms with E-state index in [1.807, 2.05) is 6.20 Å². The van der Waals surface area contributed by atoms with Crippen molar-refractivity contribution in [2.75, 3.05) is 4.90 Å². The molecule has 3 heterocycles. The molecule has 0 amide bonds. The molecular weight excluding hydrogens is 524 g/mol. The lowest BCUT2D eigenvalue weighted by Gasteiger charge is -2.49. The molecule has 212 valence electrons. The van der Waals surface area contributed by atoms with Crippen LogP contribution in [-0.2, 0) is 10.8 Å². The first kappa shape index (κ1) is 25.1. The number of fused-ring (bicyclic) bond motifs is 9. The molecule has 0 bridgehead atoms. The quantitative estimate of drug-likeness (QED) is 0.211.